The van der Waals surface area contributed by atoms with Crippen LogP contribution in [0.1, 0.15) is 13.3 Å². The van der Waals surface area contributed by atoms with Crippen molar-refractivity contribution in [2.24, 2.45) is 0 Å². The fraction of sp³-hybridized carbons (Fsp3) is 0.417. The molecule has 1 atom stereocenters. The molecule has 1 unspecified atom stereocenters. The highest BCUT2D eigenvalue weighted by molar-refractivity contribution is 7.89. The molecule has 2 rings (SSSR count). The number of alkyl halides is 1. The van der Waals surface area contributed by atoms with Gasteiger partial charge in [-0.25, -0.2) is 8.42 Å². The first-order valence-corrected chi connectivity index (χ1v) is 7.79. The normalized spacial score (nSPS) is 20.4. The second kappa shape index (κ2) is 5.48. The molecule has 19 heavy (non-hydrogen) atoms. The van der Waals surface area contributed by atoms with Gasteiger partial charge in [-0.3, -0.25) is 4.79 Å². The lowest BCUT2D eigenvalue weighted by atomic mass is 10.3. The van der Waals surface area contributed by atoms with Crippen LogP contribution in [0, 0.1) is 0 Å². The molecule has 0 aliphatic carbocycles. The van der Waals surface area contributed by atoms with Gasteiger partial charge >= 0.3 is 0 Å². The molecule has 0 saturated carbocycles. The van der Waals surface area contributed by atoms with Crippen molar-refractivity contribution in [3.05, 3.63) is 24.3 Å². The summed E-state index contributed by atoms with van der Waals surface area (Å²) in [5, 5.41) is 2.47. The minimum atomic E-state index is -3.48. The van der Waals surface area contributed by atoms with Gasteiger partial charge in [-0.05, 0) is 30.7 Å². The highest BCUT2D eigenvalue weighted by atomic mass is 35.5. The van der Waals surface area contributed by atoms with E-state index >= 15 is 0 Å². The minimum absolute atomic E-state index is 0.117. The molecule has 1 aromatic rings. The average Bonchev–Trinajstić information content (AvgIpc) is 2.76. The Morgan fingerprint density at radius 1 is 1.37 bits per heavy atom. The number of rotatable bonds is 3. The van der Waals surface area contributed by atoms with Gasteiger partial charge in [0.15, 0.2) is 0 Å². The summed E-state index contributed by atoms with van der Waals surface area (Å²) in [4.78, 5) is 11.1. The first kappa shape index (κ1) is 14.3. The highest BCUT2D eigenvalue weighted by Gasteiger charge is 2.31. The number of hydrogen-bond donors (Lipinski definition) is 1. The van der Waals surface area contributed by atoms with Crippen LogP contribution in [0.4, 0.5) is 5.69 Å². The van der Waals surface area contributed by atoms with Crippen LogP contribution in [0.2, 0.25) is 0 Å². The molecule has 0 spiro atoms. The Kier molecular flexibility index (Phi) is 4.13. The summed E-state index contributed by atoms with van der Waals surface area (Å²) in [7, 11) is -3.48. The maximum absolute atomic E-state index is 12.3. The molecule has 1 saturated heterocycles. The van der Waals surface area contributed by atoms with E-state index in [2.05, 4.69) is 5.32 Å². The Bertz CT molecular complexity index is 571. The van der Waals surface area contributed by atoms with Gasteiger partial charge in [0.05, 0.1) is 4.90 Å². The predicted molar refractivity (Wildman–Crippen MR) is 73.8 cm³/mol. The summed E-state index contributed by atoms with van der Waals surface area (Å²) < 4.78 is 26.0. The summed E-state index contributed by atoms with van der Waals surface area (Å²) in [5.41, 5.74) is 0.572. The van der Waals surface area contributed by atoms with Crippen LogP contribution in [0.5, 0.6) is 0 Å². The van der Waals surface area contributed by atoms with Gasteiger partial charge in [-0.1, -0.05) is 0 Å². The number of carbonyl (C=O) groups excluding carboxylic acids is 1. The second-order valence-electron chi connectivity index (χ2n) is 4.45. The molecule has 7 heteroatoms. The van der Waals surface area contributed by atoms with Gasteiger partial charge in [0.2, 0.25) is 15.9 Å². The van der Waals surface area contributed by atoms with E-state index in [-0.39, 0.29) is 16.2 Å². The number of nitrogens with one attached hydrogen (secondary N) is 1. The molecule has 0 aromatic heterocycles. The van der Waals surface area contributed by atoms with E-state index in [4.69, 9.17) is 11.6 Å². The third kappa shape index (κ3) is 3.26. The number of halogens is 1. The van der Waals surface area contributed by atoms with E-state index < -0.39 is 10.0 Å². The van der Waals surface area contributed by atoms with Gasteiger partial charge in [0, 0.05) is 31.1 Å². The molecule has 0 bridgehead atoms. The van der Waals surface area contributed by atoms with E-state index in [1.807, 2.05) is 0 Å². The van der Waals surface area contributed by atoms with Crippen LogP contribution in [-0.4, -0.2) is 37.1 Å². The zero-order valence-corrected chi connectivity index (χ0v) is 12.0. The van der Waals surface area contributed by atoms with Crippen LogP contribution in [-0.2, 0) is 14.8 Å². The quantitative estimate of drug-likeness (QED) is 0.863. The topological polar surface area (TPSA) is 66.5 Å². The number of amides is 1. The zero-order valence-electron chi connectivity index (χ0n) is 10.5. The van der Waals surface area contributed by atoms with Crippen LogP contribution in [0.25, 0.3) is 0 Å². The molecule has 1 aliphatic rings. The monoisotopic (exact) mass is 302 g/mol. The van der Waals surface area contributed by atoms with Crippen LogP contribution < -0.4 is 5.32 Å². The lowest BCUT2D eigenvalue weighted by molar-refractivity contribution is -0.114. The molecule has 1 aliphatic heterocycles. The van der Waals surface area contributed by atoms with Crippen molar-refractivity contribution in [3.63, 3.8) is 0 Å². The van der Waals surface area contributed by atoms with E-state index in [1.165, 1.54) is 23.4 Å². The molecular weight excluding hydrogens is 288 g/mol. The van der Waals surface area contributed by atoms with E-state index in [0.29, 0.717) is 25.2 Å². The van der Waals surface area contributed by atoms with Gasteiger partial charge in [0.25, 0.3) is 0 Å². The second-order valence-corrected chi connectivity index (χ2v) is 7.01. The third-order valence-electron chi connectivity index (χ3n) is 2.91. The number of sulfonamides is 1. The lowest BCUT2D eigenvalue weighted by Gasteiger charge is -2.15. The van der Waals surface area contributed by atoms with Crippen LogP contribution in [0.15, 0.2) is 29.2 Å². The molecule has 104 valence electrons. The smallest absolute Gasteiger partial charge is 0.243 e. The fourth-order valence-electron chi connectivity index (χ4n) is 1.97. The number of anilines is 1. The number of nitrogens with zero attached hydrogens (tertiary/aromatic N) is 1. The summed E-state index contributed by atoms with van der Waals surface area (Å²) in [5.74, 6) is -0.194. The maximum Gasteiger partial charge on any atom is 0.243 e. The fourth-order valence-corrected chi connectivity index (χ4v) is 3.81. The predicted octanol–water partition coefficient (Wildman–Crippen LogP) is 1.65. The van der Waals surface area contributed by atoms with Crippen molar-refractivity contribution >= 4 is 33.2 Å². The van der Waals surface area contributed by atoms with E-state index in [0.717, 1.165) is 0 Å². The number of carbonyl (C=O) groups is 1. The standard InChI is InChI=1S/C12H15ClN2O3S/c1-9(16)14-11-2-4-12(5-3-11)19(17,18)15-7-6-10(13)8-15/h2-5,10H,6-8H2,1H3,(H,14,16). The molecular formula is C12H15ClN2O3S. The summed E-state index contributed by atoms with van der Waals surface area (Å²) in [6.07, 6.45) is 0.671. The Morgan fingerprint density at radius 2 is 2.00 bits per heavy atom. The number of benzene rings is 1. The van der Waals surface area contributed by atoms with Crippen molar-refractivity contribution in [2.45, 2.75) is 23.6 Å². The molecule has 1 N–H and O–H groups in total. The van der Waals surface area contributed by atoms with Crippen molar-refractivity contribution < 1.29 is 13.2 Å². The van der Waals surface area contributed by atoms with E-state index in [1.54, 1.807) is 12.1 Å². The van der Waals surface area contributed by atoms with Crippen molar-refractivity contribution in [2.75, 3.05) is 18.4 Å². The Labute approximate surface area is 117 Å². The van der Waals surface area contributed by atoms with Gasteiger partial charge in [-0.2, -0.15) is 4.31 Å². The van der Waals surface area contributed by atoms with Crippen molar-refractivity contribution in [3.8, 4) is 0 Å². The summed E-state index contributed by atoms with van der Waals surface area (Å²) >= 11 is 5.93. The Hall–Kier alpha value is -1.11. The maximum atomic E-state index is 12.3. The summed E-state index contributed by atoms with van der Waals surface area (Å²) in [6, 6.07) is 6.12. The molecule has 1 heterocycles. The minimum Gasteiger partial charge on any atom is -0.326 e. The average molecular weight is 303 g/mol. The molecule has 0 radical (unpaired) electrons. The Balaban J connectivity index is 2.19. The molecule has 1 aromatic carbocycles. The van der Waals surface area contributed by atoms with Crippen LogP contribution in [0.3, 0.4) is 0 Å². The highest BCUT2D eigenvalue weighted by Crippen LogP contribution is 2.24. The number of hydrogen-bond acceptors (Lipinski definition) is 3. The molecule has 1 fully saturated rings. The molecule has 5 nitrogen and oxygen atoms in total. The Morgan fingerprint density at radius 3 is 2.47 bits per heavy atom. The zero-order chi connectivity index (χ0) is 14.0. The van der Waals surface area contributed by atoms with E-state index in [9.17, 15) is 13.2 Å². The van der Waals surface area contributed by atoms with Crippen molar-refractivity contribution in [1.29, 1.82) is 0 Å². The van der Waals surface area contributed by atoms with Gasteiger partial charge in [-0.15, -0.1) is 11.6 Å². The lowest BCUT2D eigenvalue weighted by Crippen LogP contribution is -2.29. The third-order valence-corrected chi connectivity index (χ3v) is 5.14. The first-order chi connectivity index (χ1) is 8.89. The van der Waals surface area contributed by atoms with Crippen LogP contribution >= 0.6 is 11.6 Å². The largest absolute Gasteiger partial charge is 0.326 e. The van der Waals surface area contributed by atoms with Gasteiger partial charge in [0.1, 0.15) is 0 Å². The summed E-state index contributed by atoms with van der Waals surface area (Å²) in [6.45, 7) is 2.19. The molecule has 1 amide bonds. The SMILES string of the molecule is CC(=O)Nc1ccc(S(=O)(=O)N2CCC(Cl)C2)cc1. The first-order valence-electron chi connectivity index (χ1n) is 5.91. The van der Waals surface area contributed by atoms with Gasteiger partial charge < -0.3 is 5.32 Å². The van der Waals surface area contributed by atoms with Crippen molar-refractivity contribution in [1.82, 2.24) is 4.31 Å².